The van der Waals surface area contributed by atoms with Crippen molar-refractivity contribution in [1.82, 2.24) is 0 Å². The van der Waals surface area contributed by atoms with Crippen LogP contribution in [0.4, 0.5) is 0 Å². The maximum absolute atomic E-state index is 10.2. The van der Waals surface area contributed by atoms with Gasteiger partial charge in [-0.15, -0.1) is 11.8 Å². The maximum atomic E-state index is 10.2. The van der Waals surface area contributed by atoms with E-state index >= 15 is 0 Å². The highest BCUT2D eigenvalue weighted by molar-refractivity contribution is 7.98. The van der Waals surface area contributed by atoms with Crippen LogP contribution in [0, 0.1) is 56.2 Å². The first kappa shape index (κ1) is 19.2. The number of nitrogens with zero attached hydrogens (tertiary/aromatic N) is 3. The van der Waals surface area contributed by atoms with Crippen molar-refractivity contribution in [1.29, 1.82) is 21.2 Å². The second-order valence-electron chi connectivity index (χ2n) is 7.01. The summed E-state index contributed by atoms with van der Waals surface area (Å²) in [5.41, 5.74) is -2.94. The lowest BCUT2D eigenvalue weighted by Crippen LogP contribution is -2.58. The minimum Gasteiger partial charge on any atom is -0.448 e. The Bertz CT molecular complexity index is 881. The molecular formula is C20H20N4O2S. The van der Waals surface area contributed by atoms with Gasteiger partial charge in [0.25, 0.3) is 0 Å². The highest BCUT2D eigenvalue weighted by Crippen LogP contribution is 2.67. The summed E-state index contributed by atoms with van der Waals surface area (Å²) in [5, 5.41) is 38.8. The SMILES string of the molecule is CCCC1C2(C)OC(=N)C1(C#N)C(C#N)(C#N)C(c1ccc(SC)cc1)O2. The average Bonchev–Trinajstić information content (AvgIpc) is 2.85. The molecule has 0 aliphatic carbocycles. The molecule has 2 saturated heterocycles. The molecule has 0 amide bonds. The first-order chi connectivity index (χ1) is 12.9. The number of nitrogens with one attached hydrogen (secondary N) is 1. The second-order valence-corrected chi connectivity index (χ2v) is 7.89. The molecule has 2 heterocycles. The van der Waals surface area contributed by atoms with Crippen molar-refractivity contribution in [2.75, 3.05) is 6.26 Å². The van der Waals surface area contributed by atoms with E-state index in [0.717, 1.165) is 4.90 Å². The molecule has 2 bridgehead atoms. The molecular weight excluding hydrogens is 360 g/mol. The minimum absolute atomic E-state index is 0.350. The Balaban J connectivity index is 2.26. The van der Waals surface area contributed by atoms with E-state index in [2.05, 4.69) is 18.2 Å². The molecule has 1 N–H and O–H groups in total. The quantitative estimate of drug-likeness (QED) is 0.784. The molecule has 0 spiro atoms. The fourth-order valence-corrected chi connectivity index (χ4v) is 4.80. The van der Waals surface area contributed by atoms with E-state index in [1.165, 1.54) is 0 Å². The van der Waals surface area contributed by atoms with Crippen molar-refractivity contribution in [3.63, 3.8) is 0 Å². The summed E-state index contributed by atoms with van der Waals surface area (Å²) in [4.78, 5) is 1.03. The van der Waals surface area contributed by atoms with Crippen LogP contribution in [0.3, 0.4) is 0 Å². The molecule has 3 rings (SSSR count). The van der Waals surface area contributed by atoms with Gasteiger partial charge in [-0.3, -0.25) is 5.41 Å². The molecule has 4 unspecified atom stereocenters. The van der Waals surface area contributed by atoms with Gasteiger partial charge in [-0.05, 0) is 30.4 Å². The van der Waals surface area contributed by atoms with Crippen molar-refractivity contribution in [3.05, 3.63) is 29.8 Å². The van der Waals surface area contributed by atoms with Gasteiger partial charge in [-0.25, -0.2) is 0 Å². The van der Waals surface area contributed by atoms with Crippen molar-refractivity contribution < 1.29 is 9.47 Å². The van der Waals surface area contributed by atoms with Gasteiger partial charge in [-0.2, -0.15) is 15.8 Å². The van der Waals surface area contributed by atoms with Crippen molar-refractivity contribution in [2.24, 2.45) is 16.7 Å². The summed E-state index contributed by atoms with van der Waals surface area (Å²) in [7, 11) is 0. The van der Waals surface area contributed by atoms with E-state index in [9.17, 15) is 15.8 Å². The van der Waals surface area contributed by atoms with E-state index in [1.54, 1.807) is 30.8 Å². The Morgan fingerprint density at radius 3 is 2.26 bits per heavy atom. The lowest BCUT2D eigenvalue weighted by molar-refractivity contribution is -0.274. The third kappa shape index (κ3) is 2.31. The number of thioether (sulfide) groups is 1. The normalized spacial score (nSPS) is 33.4. The van der Waals surface area contributed by atoms with Crippen LogP contribution in [0.2, 0.25) is 0 Å². The molecule has 7 heteroatoms. The molecule has 0 saturated carbocycles. The summed E-state index contributed by atoms with van der Waals surface area (Å²) in [5.74, 6) is -2.16. The summed E-state index contributed by atoms with van der Waals surface area (Å²) in [6, 6.07) is 13.7. The van der Waals surface area contributed by atoms with E-state index < -0.39 is 28.6 Å². The molecule has 0 radical (unpaired) electrons. The summed E-state index contributed by atoms with van der Waals surface area (Å²) < 4.78 is 11.9. The Labute approximate surface area is 163 Å². The number of benzene rings is 1. The maximum Gasteiger partial charge on any atom is 0.214 e. The fourth-order valence-electron chi connectivity index (χ4n) is 4.39. The third-order valence-corrected chi connectivity index (χ3v) is 6.45. The molecule has 6 nitrogen and oxygen atoms in total. The predicted octanol–water partition coefficient (Wildman–Crippen LogP) is 4.16. The van der Waals surface area contributed by atoms with Gasteiger partial charge in [0.2, 0.25) is 17.1 Å². The first-order valence-electron chi connectivity index (χ1n) is 8.72. The number of nitriles is 3. The number of hydrogen-bond donors (Lipinski definition) is 1. The number of ether oxygens (including phenoxy) is 2. The van der Waals surface area contributed by atoms with Gasteiger partial charge in [0.15, 0.2) is 5.41 Å². The largest absolute Gasteiger partial charge is 0.448 e. The summed E-state index contributed by atoms with van der Waals surface area (Å²) >= 11 is 1.58. The Morgan fingerprint density at radius 1 is 1.15 bits per heavy atom. The monoisotopic (exact) mass is 380 g/mol. The van der Waals surface area contributed by atoms with Gasteiger partial charge in [0, 0.05) is 11.8 Å². The molecule has 0 aromatic heterocycles. The fraction of sp³-hybridized carbons (Fsp3) is 0.500. The van der Waals surface area contributed by atoms with Crippen LogP contribution in [0.25, 0.3) is 0 Å². The van der Waals surface area contributed by atoms with Crippen molar-refractivity contribution in [3.8, 4) is 18.2 Å². The Morgan fingerprint density at radius 2 is 1.78 bits per heavy atom. The van der Waals surface area contributed by atoms with Gasteiger partial charge in [0.1, 0.15) is 6.10 Å². The van der Waals surface area contributed by atoms with Crippen LogP contribution in [0.15, 0.2) is 29.2 Å². The van der Waals surface area contributed by atoms with Crippen LogP contribution in [0.5, 0.6) is 0 Å². The zero-order valence-electron chi connectivity index (χ0n) is 15.4. The molecule has 4 atom stereocenters. The Kier molecular flexibility index (Phi) is 4.68. The second kappa shape index (κ2) is 6.57. The molecule has 138 valence electrons. The summed E-state index contributed by atoms with van der Waals surface area (Å²) in [6.45, 7) is 3.65. The Hall–Kier alpha value is -2.53. The lowest BCUT2D eigenvalue weighted by Gasteiger charge is -2.48. The van der Waals surface area contributed by atoms with E-state index in [-0.39, 0.29) is 5.90 Å². The van der Waals surface area contributed by atoms with Crippen LogP contribution < -0.4 is 0 Å². The summed E-state index contributed by atoms with van der Waals surface area (Å²) in [6.07, 6.45) is 2.18. The van der Waals surface area contributed by atoms with Crippen LogP contribution in [0.1, 0.15) is 38.4 Å². The average molecular weight is 380 g/mol. The number of hydrogen-bond acceptors (Lipinski definition) is 7. The number of rotatable bonds is 4. The minimum atomic E-state index is -1.88. The smallest absolute Gasteiger partial charge is 0.214 e. The van der Waals surface area contributed by atoms with Gasteiger partial charge >= 0.3 is 0 Å². The van der Waals surface area contributed by atoms with Gasteiger partial charge in [0.05, 0.1) is 24.1 Å². The highest BCUT2D eigenvalue weighted by atomic mass is 32.2. The van der Waals surface area contributed by atoms with Crippen molar-refractivity contribution in [2.45, 2.75) is 43.5 Å². The van der Waals surface area contributed by atoms with Crippen LogP contribution >= 0.6 is 11.8 Å². The number of fused-ring (bicyclic) bond motifs is 2. The molecule has 2 aliphatic rings. The molecule has 27 heavy (non-hydrogen) atoms. The van der Waals surface area contributed by atoms with E-state index in [4.69, 9.17) is 14.9 Å². The highest BCUT2D eigenvalue weighted by Gasteiger charge is 2.78. The predicted molar refractivity (Wildman–Crippen MR) is 99.4 cm³/mol. The first-order valence-corrected chi connectivity index (χ1v) is 9.95. The van der Waals surface area contributed by atoms with Gasteiger partial charge < -0.3 is 9.47 Å². The van der Waals surface area contributed by atoms with Gasteiger partial charge in [-0.1, -0.05) is 25.5 Å². The van der Waals surface area contributed by atoms with E-state index in [0.29, 0.717) is 18.4 Å². The zero-order chi connectivity index (χ0) is 19.9. The van der Waals surface area contributed by atoms with Crippen molar-refractivity contribution >= 4 is 17.7 Å². The lowest BCUT2D eigenvalue weighted by atomic mass is 9.53. The molecule has 1 aromatic rings. The zero-order valence-corrected chi connectivity index (χ0v) is 16.3. The molecule has 2 aliphatic heterocycles. The third-order valence-electron chi connectivity index (χ3n) is 5.71. The van der Waals surface area contributed by atoms with E-state index in [1.807, 2.05) is 25.3 Å². The molecule has 2 fully saturated rings. The molecule has 1 aromatic carbocycles. The van der Waals surface area contributed by atoms with Crippen LogP contribution in [-0.2, 0) is 9.47 Å². The van der Waals surface area contributed by atoms with Crippen LogP contribution in [-0.4, -0.2) is 17.9 Å². The standard InChI is InChI=1S/C20H20N4O2S/c1-4-5-15-18(2)25-16(13-6-8-14(27-3)9-7-13)19(10-21,11-22)20(15,12-23)17(24)26-18/h6-9,15-16,24H,4-5H2,1-3H3. The topological polar surface area (TPSA) is 114 Å².